The molecular formula is C27H31ClN4O3. The number of anilines is 1. The molecule has 5 rings (SSSR count). The van der Waals surface area contributed by atoms with Gasteiger partial charge in [0.15, 0.2) is 0 Å². The first-order valence-corrected chi connectivity index (χ1v) is 12.7. The highest BCUT2D eigenvalue weighted by molar-refractivity contribution is 6.31. The second-order valence-electron chi connectivity index (χ2n) is 9.26. The largest absolute Gasteiger partial charge is 0.379 e. The van der Waals surface area contributed by atoms with Gasteiger partial charge < -0.3 is 19.9 Å². The minimum atomic E-state index is -0.161. The van der Waals surface area contributed by atoms with E-state index in [9.17, 15) is 9.59 Å². The van der Waals surface area contributed by atoms with Gasteiger partial charge in [0, 0.05) is 60.8 Å². The Bertz CT molecular complexity index is 1240. The molecule has 2 saturated heterocycles. The van der Waals surface area contributed by atoms with Gasteiger partial charge in [0.1, 0.15) is 5.69 Å². The summed E-state index contributed by atoms with van der Waals surface area (Å²) in [4.78, 5) is 33.8. The number of aromatic nitrogens is 1. The maximum absolute atomic E-state index is 13.4. The van der Waals surface area contributed by atoms with Gasteiger partial charge in [0.05, 0.1) is 19.1 Å². The van der Waals surface area contributed by atoms with Crippen molar-refractivity contribution in [1.29, 1.82) is 0 Å². The van der Waals surface area contributed by atoms with Gasteiger partial charge in [0.25, 0.3) is 5.56 Å². The van der Waals surface area contributed by atoms with Crippen molar-refractivity contribution in [3.05, 3.63) is 63.9 Å². The average Bonchev–Trinajstić information content (AvgIpc) is 2.89. The lowest BCUT2D eigenvalue weighted by atomic mass is 9.94. The molecule has 35 heavy (non-hydrogen) atoms. The van der Waals surface area contributed by atoms with Crippen molar-refractivity contribution in [2.24, 2.45) is 5.92 Å². The minimum Gasteiger partial charge on any atom is -0.379 e. The van der Waals surface area contributed by atoms with Crippen LogP contribution >= 0.6 is 11.6 Å². The molecule has 0 unspecified atom stereocenters. The summed E-state index contributed by atoms with van der Waals surface area (Å²) >= 11 is 6.36. The Morgan fingerprint density at radius 3 is 2.71 bits per heavy atom. The average molecular weight is 495 g/mol. The van der Waals surface area contributed by atoms with Gasteiger partial charge in [-0.25, -0.2) is 0 Å². The molecule has 1 aromatic heterocycles. The zero-order chi connectivity index (χ0) is 24.2. The summed E-state index contributed by atoms with van der Waals surface area (Å²) in [5.74, 6) is -0.101. The van der Waals surface area contributed by atoms with E-state index in [-0.39, 0.29) is 17.4 Å². The van der Waals surface area contributed by atoms with Gasteiger partial charge in [-0.2, -0.15) is 0 Å². The molecule has 0 aliphatic carbocycles. The Kier molecular flexibility index (Phi) is 7.37. The predicted octanol–water partition coefficient (Wildman–Crippen LogP) is 3.51. The summed E-state index contributed by atoms with van der Waals surface area (Å²) in [6.45, 7) is 6.01. The zero-order valence-corrected chi connectivity index (χ0v) is 20.5. The van der Waals surface area contributed by atoms with Gasteiger partial charge in [0.2, 0.25) is 5.91 Å². The Morgan fingerprint density at radius 1 is 1.11 bits per heavy atom. The van der Waals surface area contributed by atoms with Crippen molar-refractivity contribution in [2.75, 3.05) is 57.4 Å². The second-order valence-corrected chi connectivity index (χ2v) is 9.70. The third-order valence-corrected chi connectivity index (χ3v) is 7.19. The summed E-state index contributed by atoms with van der Waals surface area (Å²) < 4.78 is 5.39. The molecule has 0 radical (unpaired) electrons. The predicted molar refractivity (Wildman–Crippen MR) is 140 cm³/mol. The Hall–Kier alpha value is -2.87. The number of ether oxygens (including phenoxy) is 1. The number of hydrogen-bond donors (Lipinski definition) is 2. The number of nitrogens with one attached hydrogen (secondary N) is 2. The van der Waals surface area contributed by atoms with Crippen molar-refractivity contribution in [3.63, 3.8) is 0 Å². The van der Waals surface area contributed by atoms with Crippen LogP contribution in [-0.4, -0.2) is 68.3 Å². The molecule has 2 aliphatic rings. The van der Waals surface area contributed by atoms with Crippen LogP contribution in [0.3, 0.4) is 0 Å². The fourth-order valence-electron chi connectivity index (χ4n) is 5.15. The molecule has 0 bridgehead atoms. The van der Waals surface area contributed by atoms with Crippen molar-refractivity contribution in [1.82, 2.24) is 15.2 Å². The highest BCUT2D eigenvalue weighted by atomic mass is 35.5. The van der Waals surface area contributed by atoms with Gasteiger partial charge in [-0.1, -0.05) is 41.9 Å². The number of benzene rings is 2. The maximum atomic E-state index is 13.4. The fourth-order valence-corrected chi connectivity index (χ4v) is 5.33. The first-order valence-electron chi connectivity index (χ1n) is 12.3. The lowest BCUT2D eigenvalue weighted by Gasteiger charge is -2.35. The molecular weight excluding hydrogens is 464 g/mol. The molecule has 1 atom stereocenters. The lowest BCUT2D eigenvalue weighted by Crippen LogP contribution is -2.47. The number of hydrogen-bond acceptors (Lipinski definition) is 5. The fraction of sp³-hybridized carbons (Fsp3) is 0.407. The third-order valence-electron chi connectivity index (χ3n) is 6.95. The van der Waals surface area contributed by atoms with E-state index in [1.54, 1.807) is 6.07 Å². The van der Waals surface area contributed by atoms with E-state index in [1.807, 2.05) is 42.5 Å². The number of carbonyl (C=O) groups is 1. The lowest BCUT2D eigenvalue weighted by molar-refractivity contribution is -0.125. The molecule has 3 aromatic rings. The minimum absolute atomic E-state index is 0.0597. The van der Waals surface area contributed by atoms with E-state index >= 15 is 0 Å². The van der Waals surface area contributed by atoms with Crippen LogP contribution in [0.5, 0.6) is 0 Å². The van der Waals surface area contributed by atoms with Crippen molar-refractivity contribution < 1.29 is 9.53 Å². The molecule has 184 valence electrons. The highest BCUT2D eigenvalue weighted by Gasteiger charge is 2.29. The number of nitrogens with zero attached hydrogens (tertiary/aromatic N) is 2. The Morgan fingerprint density at radius 2 is 1.91 bits per heavy atom. The SMILES string of the molecule is O=C(NCCN1CCOCC1)[C@@H]1CCCN(c2c(-c3ccccc3)c3cc(Cl)ccc3[nH]c2=O)C1. The van der Waals surface area contributed by atoms with Crippen LogP contribution in [0.25, 0.3) is 22.0 Å². The van der Waals surface area contributed by atoms with Crippen LogP contribution in [0.15, 0.2) is 53.3 Å². The van der Waals surface area contributed by atoms with E-state index in [0.717, 1.165) is 74.3 Å². The number of amides is 1. The summed E-state index contributed by atoms with van der Waals surface area (Å²) in [5.41, 5.74) is 3.03. The number of carbonyl (C=O) groups excluding carboxylic acids is 1. The number of rotatable bonds is 6. The molecule has 1 amide bonds. The molecule has 8 heteroatoms. The van der Waals surface area contributed by atoms with Crippen LogP contribution in [0.1, 0.15) is 12.8 Å². The van der Waals surface area contributed by atoms with Crippen molar-refractivity contribution in [3.8, 4) is 11.1 Å². The van der Waals surface area contributed by atoms with E-state index in [4.69, 9.17) is 16.3 Å². The Labute approximate surface area is 210 Å². The molecule has 2 aromatic carbocycles. The monoisotopic (exact) mass is 494 g/mol. The number of aromatic amines is 1. The summed E-state index contributed by atoms with van der Waals surface area (Å²) in [7, 11) is 0. The van der Waals surface area contributed by atoms with Gasteiger partial charge in [-0.15, -0.1) is 0 Å². The molecule has 2 fully saturated rings. The topological polar surface area (TPSA) is 77.7 Å². The highest BCUT2D eigenvalue weighted by Crippen LogP contribution is 2.37. The summed E-state index contributed by atoms with van der Waals surface area (Å²) in [5, 5.41) is 4.63. The maximum Gasteiger partial charge on any atom is 0.272 e. The van der Waals surface area contributed by atoms with Crippen LogP contribution in [0.2, 0.25) is 5.02 Å². The van der Waals surface area contributed by atoms with E-state index in [2.05, 4.69) is 20.1 Å². The quantitative estimate of drug-likeness (QED) is 0.548. The smallest absolute Gasteiger partial charge is 0.272 e. The standard InChI is InChI=1S/C27H31ClN4O3/c28-21-8-9-23-22(17-21)24(19-5-2-1-3-6-19)25(27(34)30-23)32-11-4-7-20(18-32)26(33)29-10-12-31-13-15-35-16-14-31/h1-3,5-6,8-9,17,20H,4,7,10-16,18H2,(H,29,33)(H,30,34)/t20-/m1/s1. The number of H-pyrrole nitrogens is 1. The summed E-state index contributed by atoms with van der Waals surface area (Å²) in [6.07, 6.45) is 1.67. The molecule has 0 spiro atoms. The van der Waals surface area contributed by atoms with Gasteiger partial charge >= 0.3 is 0 Å². The normalized spacial score (nSPS) is 19.1. The van der Waals surface area contributed by atoms with Crippen LogP contribution in [0.4, 0.5) is 5.69 Å². The van der Waals surface area contributed by atoms with E-state index in [1.165, 1.54) is 0 Å². The second kappa shape index (κ2) is 10.8. The van der Waals surface area contributed by atoms with Crippen LogP contribution < -0.4 is 15.8 Å². The first-order chi connectivity index (χ1) is 17.1. The van der Waals surface area contributed by atoms with E-state index in [0.29, 0.717) is 23.8 Å². The van der Waals surface area contributed by atoms with E-state index < -0.39 is 0 Å². The zero-order valence-electron chi connectivity index (χ0n) is 19.8. The van der Waals surface area contributed by atoms with Crippen molar-refractivity contribution in [2.45, 2.75) is 12.8 Å². The van der Waals surface area contributed by atoms with Crippen molar-refractivity contribution >= 4 is 34.1 Å². The molecule has 0 saturated carbocycles. The van der Waals surface area contributed by atoms with Crippen LogP contribution in [-0.2, 0) is 9.53 Å². The first kappa shape index (κ1) is 23.9. The van der Waals surface area contributed by atoms with Gasteiger partial charge in [-0.05, 0) is 36.6 Å². The molecule has 2 aliphatic heterocycles. The Balaban J connectivity index is 1.40. The number of piperidine rings is 1. The molecule has 3 heterocycles. The molecule has 2 N–H and O–H groups in total. The number of pyridine rings is 1. The number of halogens is 1. The molecule has 7 nitrogen and oxygen atoms in total. The van der Waals surface area contributed by atoms with Gasteiger partial charge in [-0.3, -0.25) is 14.5 Å². The third kappa shape index (κ3) is 5.37. The van der Waals surface area contributed by atoms with Crippen LogP contribution in [0, 0.1) is 5.92 Å². The number of fused-ring (bicyclic) bond motifs is 1. The number of morpholine rings is 1. The summed E-state index contributed by atoms with van der Waals surface area (Å²) in [6, 6.07) is 15.5.